The fraction of sp³-hybridized carbons (Fsp3) is 0.0909. The number of hydrogen-bond donors (Lipinski definition) is 2. The number of amides is 2. The Morgan fingerprint density at radius 3 is 2.47 bits per heavy atom. The van der Waals surface area contributed by atoms with Gasteiger partial charge in [0.05, 0.1) is 35.6 Å². The Kier molecular flexibility index (Phi) is 5.47. The van der Waals surface area contributed by atoms with Crippen LogP contribution in [0.3, 0.4) is 0 Å². The van der Waals surface area contributed by atoms with Crippen LogP contribution in [0.2, 0.25) is 0 Å². The summed E-state index contributed by atoms with van der Waals surface area (Å²) in [5, 5.41) is 10.7. The highest BCUT2D eigenvalue weighted by Gasteiger charge is 2.13. The molecule has 4 rings (SSSR count). The van der Waals surface area contributed by atoms with Gasteiger partial charge < -0.3 is 10.6 Å². The number of rotatable bonds is 5. The molecule has 0 fully saturated rings. The van der Waals surface area contributed by atoms with E-state index in [4.69, 9.17) is 0 Å². The van der Waals surface area contributed by atoms with Gasteiger partial charge in [0.1, 0.15) is 5.82 Å². The average Bonchev–Trinajstić information content (AvgIpc) is 2.77. The van der Waals surface area contributed by atoms with Gasteiger partial charge in [0.25, 0.3) is 5.56 Å². The van der Waals surface area contributed by atoms with Crippen molar-refractivity contribution in [1.82, 2.24) is 20.1 Å². The molecule has 2 aromatic heterocycles. The van der Waals surface area contributed by atoms with Gasteiger partial charge in [0.15, 0.2) is 0 Å². The number of fused-ring (bicyclic) bond motifs is 1. The lowest BCUT2D eigenvalue weighted by molar-refractivity contribution is 0.251. The van der Waals surface area contributed by atoms with Crippen molar-refractivity contribution in [3.05, 3.63) is 100 Å². The largest absolute Gasteiger partial charge is 0.332 e. The van der Waals surface area contributed by atoms with Crippen LogP contribution in [0.15, 0.2) is 77.7 Å². The predicted octanol–water partition coefficient (Wildman–Crippen LogP) is 3.30. The molecular formula is C22H18FN5O2. The fourth-order valence-corrected chi connectivity index (χ4v) is 3.08. The van der Waals surface area contributed by atoms with Gasteiger partial charge in [-0.25, -0.2) is 13.9 Å². The molecule has 2 aromatic carbocycles. The normalized spacial score (nSPS) is 10.7. The molecule has 7 nitrogen and oxygen atoms in total. The minimum atomic E-state index is -0.576. The molecule has 0 aliphatic carbocycles. The molecule has 0 radical (unpaired) electrons. The van der Waals surface area contributed by atoms with Crippen LogP contribution in [0.25, 0.3) is 10.8 Å². The number of hydrogen-bond acceptors (Lipinski definition) is 4. The summed E-state index contributed by atoms with van der Waals surface area (Å²) in [5.41, 5.74) is 1.05. The van der Waals surface area contributed by atoms with Gasteiger partial charge in [-0.15, -0.1) is 0 Å². The quantitative estimate of drug-likeness (QED) is 0.535. The number of anilines is 1. The summed E-state index contributed by atoms with van der Waals surface area (Å²) in [5.74, 6) is -0.528. The molecule has 0 unspecified atom stereocenters. The Hall–Kier alpha value is -4.07. The van der Waals surface area contributed by atoms with E-state index in [1.54, 1.807) is 48.7 Å². The monoisotopic (exact) mass is 403 g/mol. The van der Waals surface area contributed by atoms with E-state index in [0.29, 0.717) is 22.2 Å². The summed E-state index contributed by atoms with van der Waals surface area (Å²) in [4.78, 5) is 29.3. The van der Waals surface area contributed by atoms with E-state index < -0.39 is 11.8 Å². The first-order valence-electron chi connectivity index (χ1n) is 9.30. The summed E-state index contributed by atoms with van der Waals surface area (Å²) in [6, 6.07) is 17.8. The van der Waals surface area contributed by atoms with E-state index in [2.05, 4.69) is 20.7 Å². The zero-order chi connectivity index (χ0) is 20.9. The van der Waals surface area contributed by atoms with Crippen LogP contribution in [0.5, 0.6) is 0 Å². The maximum Gasteiger partial charge on any atom is 0.319 e. The molecule has 2 amide bonds. The maximum atomic E-state index is 13.7. The Morgan fingerprint density at radius 1 is 0.967 bits per heavy atom. The van der Waals surface area contributed by atoms with Gasteiger partial charge in [0.2, 0.25) is 0 Å². The van der Waals surface area contributed by atoms with E-state index >= 15 is 0 Å². The van der Waals surface area contributed by atoms with E-state index in [9.17, 15) is 14.0 Å². The van der Waals surface area contributed by atoms with E-state index in [1.807, 2.05) is 12.1 Å². The summed E-state index contributed by atoms with van der Waals surface area (Å²) < 4.78 is 15.1. The lowest BCUT2D eigenvalue weighted by Gasteiger charge is -2.12. The van der Waals surface area contributed by atoms with Gasteiger partial charge in [0, 0.05) is 11.6 Å². The summed E-state index contributed by atoms with van der Waals surface area (Å²) in [6.07, 6.45) is 1.65. The van der Waals surface area contributed by atoms with Gasteiger partial charge in [-0.3, -0.25) is 9.78 Å². The lowest BCUT2D eigenvalue weighted by atomic mass is 10.1. The number of urea groups is 1. The highest BCUT2D eigenvalue weighted by Crippen LogP contribution is 2.15. The van der Waals surface area contributed by atoms with Crippen molar-refractivity contribution in [3.63, 3.8) is 0 Å². The van der Waals surface area contributed by atoms with Crippen LogP contribution in [-0.4, -0.2) is 20.8 Å². The van der Waals surface area contributed by atoms with Gasteiger partial charge in [-0.1, -0.05) is 36.4 Å². The smallest absolute Gasteiger partial charge is 0.319 e. The lowest BCUT2D eigenvalue weighted by Crippen LogP contribution is -2.31. The molecular weight excluding hydrogens is 385 g/mol. The standard InChI is InChI=1S/C22H18FN5O2/c23-18-10-3-4-11-19(18)26-22(30)25-13-20-16-8-1-2-9-17(16)21(29)28(27-20)14-15-7-5-6-12-24-15/h1-12H,13-14H2,(H2,25,26,30). The molecule has 150 valence electrons. The number of aromatic nitrogens is 3. The van der Waals surface area contributed by atoms with Gasteiger partial charge >= 0.3 is 6.03 Å². The Labute approximate surface area is 171 Å². The minimum Gasteiger partial charge on any atom is -0.332 e. The zero-order valence-electron chi connectivity index (χ0n) is 15.9. The van der Waals surface area contributed by atoms with Crippen molar-refractivity contribution in [3.8, 4) is 0 Å². The third-order valence-corrected chi connectivity index (χ3v) is 4.52. The first kappa shape index (κ1) is 19.3. The molecule has 0 atom stereocenters. The van der Waals surface area contributed by atoms with Crippen LogP contribution in [0.1, 0.15) is 11.4 Å². The number of carbonyl (C=O) groups excluding carboxylic acids is 1. The zero-order valence-corrected chi connectivity index (χ0v) is 15.9. The SMILES string of the molecule is O=C(NCc1nn(Cc2ccccn2)c(=O)c2ccccc12)Nc1ccccc1F. The highest BCUT2D eigenvalue weighted by molar-refractivity contribution is 5.90. The molecule has 8 heteroatoms. The Balaban J connectivity index is 1.60. The molecule has 2 N–H and O–H groups in total. The maximum absolute atomic E-state index is 13.7. The van der Waals surface area contributed by atoms with Crippen molar-refractivity contribution in [2.24, 2.45) is 0 Å². The van der Waals surface area contributed by atoms with E-state index in [0.717, 1.165) is 0 Å². The van der Waals surface area contributed by atoms with Crippen molar-refractivity contribution < 1.29 is 9.18 Å². The molecule has 0 saturated carbocycles. The van der Waals surface area contributed by atoms with Crippen LogP contribution < -0.4 is 16.2 Å². The molecule has 0 bridgehead atoms. The van der Waals surface area contributed by atoms with E-state index in [-0.39, 0.29) is 24.3 Å². The number of halogens is 1. The third-order valence-electron chi connectivity index (χ3n) is 4.52. The molecule has 2 heterocycles. The van der Waals surface area contributed by atoms with Crippen LogP contribution in [0, 0.1) is 5.82 Å². The predicted molar refractivity (Wildman–Crippen MR) is 112 cm³/mol. The first-order chi connectivity index (χ1) is 14.6. The van der Waals surface area contributed by atoms with Gasteiger partial charge in [-0.05, 0) is 30.3 Å². The van der Waals surface area contributed by atoms with Gasteiger partial charge in [-0.2, -0.15) is 5.10 Å². The third kappa shape index (κ3) is 4.17. The summed E-state index contributed by atoms with van der Waals surface area (Å²) in [7, 11) is 0. The van der Waals surface area contributed by atoms with Crippen LogP contribution >= 0.6 is 0 Å². The number of benzene rings is 2. The second-order valence-electron chi connectivity index (χ2n) is 6.56. The van der Waals surface area contributed by atoms with Crippen LogP contribution in [-0.2, 0) is 13.1 Å². The molecule has 0 spiro atoms. The Bertz CT molecular complexity index is 1260. The Morgan fingerprint density at radius 2 is 1.70 bits per heavy atom. The minimum absolute atomic E-state index is 0.0588. The number of carbonyl (C=O) groups is 1. The molecule has 0 aliphatic rings. The average molecular weight is 403 g/mol. The number of para-hydroxylation sites is 1. The molecule has 4 aromatic rings. The summed E-state index contributed by atoms with van der Waals surface area (Å²) in [6.45, 7) is 0.266. The van der Waals surface area contributed by atoms with Crippen LogP contribution in [0.4, 0.5) is 14.9 Å². The van der Waals surface area contributed by atoms with Crippen molar-refractivity contribution in [2.75, 3.05) is 5.32 Å². The van der Waals surface area contributed by atoms with E-state index in [1.165, 1.54) is 16.8 Å². The van der Waals surface area contributed by atoms with Crippen molar-refractivity contribution >= 4 is 22.5 Å². The second kappa shape index (κ2) is 8.52. The highest BCUT2D eigenvalue weighted by atomic mass is 19.1. The molecule has 0 saturated heterocycles. The van der Waals surface area contributed by atoms with Crippen molar-refractivity contribution in [2.45, 2.75) is 13.1 Å². The molecule has 0 aliphatic heterocycles. The molecule has 30 heavy (non-hydrogen) atoms. The number of pyridine rings is 1. The number of nitrogens with zero attached hydrogens (tertiary/aromatic N) is 3. The van der Waals surface area contributed by atoms with Crippen molar-refractivity contribution in [1.29, 1.82) is 0 Å². The fourth-order valence-electron chi connectivity index (χ4n) is 3.08. The topological polar surface area (TPSA) is 88.9 Å². The number of nitrogens with one attached hydrogen (secondary N) is 2. The second-order valence-corrected chi connectivity index (χ2v) is 6.56. The first-order valence-corrected chi connectivity index (χ1v) is 9.30. The summed E-state index contributed by atoms with van der Waals surface area (Å²) >= 11 is 0.